The van der Waals surface area contributed by atoms with E-state index < -0.39 is 0 Å². The molecule has 0 unspecified atom stereocenters. The summed E-state index contributed by atoms with van der Waals surface area (Å²) in [6.45, 7) is 9.34. The van der Waals surface area contributed by atoms with Crippen LogP contribution in [0.3, 0.4) is 0 Å². The molecule has 1 aromatic heterocycles. The van der Waals surface area contributed by atoms with Crippen molar-refractivity contribution in [1.82, 2.24) is 9.55 Å². The molecule has 102 valence electrons. The van der Waals surface area contributed by atoms with Gasteiger partial charge < -0.3 is 10.3 Å². The predicted molar refractivity (Wildman–Crippen MR) is 79.8 cm³/mol. The maximum atomic E-state index is 5.58. The van der Waals surface area contributed by atoms with Gasteiger partial charge in [-0.05, 0) is 36.6 Å². The normalized spacial score (nSPS) is 11.8. The number of imidazole rings is 1. The van der Waals surface area contributed by atoms with Crippen molar-refractivity contribution in [2.75, 3.05) is 6.54 Å². The van der Waals surface area contributed by atoms with Crippen molar-refractivity contribution in [3.05, 3.63) is 47.5 Å². The molecule has 2 aromatic rings. The van der Waals surface area contributed by atoms with Gasteiger partial charge in [0.05, 0.1) is 5.69 Å². The molecular weight excluding hydrogens is 234 g/mol. The predicted octanol–water partition coefficient (Wildman–Crippen LogP) is 2.98. The summed E-state index contributed by atoms with van der Waals surface area (Å²) >= 11 is 0. The molecule has 0 radical (unpaired) electrons. The molecule has 0 aliphatic heterocycles. The van der Waals surface area contributed by atoms with Crippen molar-refractivity contribution in [1.29, 1.82) is 0 Å². The molecule has 1 heterocycles. The summed E-state index contributed by atoms with van der Waals surface area (Å²) in [5.41, 5.74) is 9.32. The molecule has 0 atom stereocenters. The third-order valence-electron chi connectivity index (χ3n) is 3.34. The minimum Gasteiger partial charge on any atom is -0.330 e. The molecule has 3 heteroatoms. The lowest BCUT2D eigenvalue weighted by molar-refractivity contribution is 0.590. The molecule has 19 heavy (non-hydrogen) atoms. The van der Waals surface area contributed by atoms with Crippen molar-refractivity contribution in [2.24, 2.45) is 5.73 Å². The molecule has 0 aliphatic rings. The number of hydrogen-bond acceptors (Lipinski definition) is 2. The van der Waals surface area contributed by atoms with Gasteiger partial charge in [0.15, 0.2) is 0 Å². The van der Waals surface area contributed by atoms with Crippen LogP contribution in [-0.2, 0) is 11.8 Å². The number of nitrogens with zero attached hydrogens (tertiary/aromatic N) is 2. The average Bonchev–Trinajstić information content (AvgIpc) is 2.70. The van der Waals surface area contributed by atoms with Gasteiger partial charge in [-0.25, -0.2) is 4.98 Å². The molecule has 0 amide bonds. The van der Waals surface area contributed by atoms with Gasteiger partial charge in [0.1, 0.15) is 5.82 Å². The van der Waals surface area contributed by atoms with Crippen molar-refractivity contribution in [3.63, 3.8) is 0 Å². The van der Waals surface area contributed by atoms with Crippen LogP contribution in [0, 0.1) is 6.92 Å². The number of rotatable bonds is 3. The lowest BCUT2D eigenvalue weighted by Gasteiger charge is -2.19. The zero-order valence-electron chi connectivity index (χ0n) is 12.3. The van der Waals surface area contributed by atoms with Crippen molar-refractivity contribution >= 4 is 0 Å². The zero-order valence-corrected chi connectivity index (χ0v) is 12.3. The van der Waals surface area contributed by atoms with Crippen LogP contribution in [0.2, 0.25) is 0 Å². The van der Waals surface area contributed by atoms with Crippen LogP contribution in [0.25, 0.3) is 5.69 Å². The zero-order chi connectivity index (χ0) is 14.0. The van der Waals surface area contributed by atoms with Crippen LogP contribution in [0.5, 0.6) is 0 Å². The van der Waals surface area contributed by atoms with E-state index in [2.05, 4.69) is 60.8 Å². The maximum absolute atomic E-state index is 5.58. The largest absolute Gasteiger partial charge is 0.330 e. The van der Waals surface area contributed by atoms with E-state index in [0.717, 1.165) is 23.6 Å². The Morgan fingerprint density at radius 2 is 1.79 bits per heavy atom. The first-order valence-corrected chi connectivity index (χ1v) is 6.77. The summed E-state index contributed by atoms with van der Waals surface area (Å²) in [7, 11) is 0. The Morgan fingerprint density at radius 1 is 1.16 bits per heavy atom. The van der Waals surface area contributed by atoms with E-state index in [1.165, 1.54) is 5.56 Å². The SMILES string of the molecule is Cc1nc(CCN)cn1-c1ccc(C(C)(C)C)cc1. The first-order chi connectivity index (χ1) is 8.91. The quantitative estimate of drug-likeness (QED) is 0.918. The second-order valence-corrected chi connectivity index (χ2v) is 5.99. The maximum Gasteiger partial charge on any atom is 0.110 e. The van der Waals surface area contributed by atoms with E-state index in [1.54, 1.807) is 0 Å². The molecule has 0 saturated carbocycles. The fraction of sp³-hybridized carbons (Fsp3) is 0.438. The van der Waals surface area contributed by atoms with E-state index in [9.17, 15) is 0 Å². The van der Waals surface area contributed by atoms with Crippen LogP contribution in [-0.4, -0.2) is 16.1 Å². The van der Waals surface area contributed by atoms with Gasteiger partial charge in [-0.15, -0.1) is 0 Å². The van der Waals surface area contributed by atoms with Crippen LogP contribution in [0.1, 0.15) is 37.9 Å². The Bertz CT molecular complexity index is 544. The third kappa shape index (κ3) is 3.04. The fourth-order valence-electron chi connectivity index (χ4n) is 2.18. The van der Waals surface area contributed by atoms with Crippen molar-refractivity contribution in [2.45, 2.75) is 39.5 Å². The van der Waals surface area contributed by atoms with Gasteiger partial charge >= 0.3 is 0 Å². The van der Waals surface area contributed by atoms with Gasteiger partial charge in [-0.3, -0.25) is 0 Å². The molecule has 0 bridgehead atoms. The Morgan fingerprint density at radius 3 is 2.32 bits per heavy atom. The van der Waals surface area contributed by atoms with Crippen LogP contribution >= 0.6 is 0 Å². The Labute approximate surface area is 115 Å². The molecule has 0 fully saturated rings. The monoisotopic (exact) mass is 257 g/mol. The van der Waals surface area contributed by atoms with Gasteiger partial charge in [-0.1, -0.05) is 32.9 Å². The third-order valence-corrected chi connectivity index (χ3v) is 3.34. The number of aryl methyl sites for hydroxylation is 1. The lowest BCUT2D eigenvalue weighted by atomic mass is 9.87. The van der Waals surface area contributed by atoms with Crippen molar-refractivity contribution < 1.29 is 0 Å². The van der Waals surface area contributed by atoms with Crippen LogP contribution in [0.15, 0.2) is 30.5 Å². The highest BCUT2D eigenvalue weighted by molar-refractivity contribution is 5.38. The van der Waals surface area contributed by atoms with E-state index in [1.807, 2.05) is 6.92 Å². The average molecular weight is 257 g/mol. The topological polar surface area (TPSA) is 43.8 Å². The Hall–Kier alpha value is -1.61. The Kier molecular flexibility index (Phi) is 3.76. The second kappa shape index (κ2) is 5.17. The molecule has 3 nitrogen and oxygen atoms in total. The molecule has 2 rings (SSSR count). The highest BCUT2D eigenvalue weighted by Gasteiger charge is 2.13. The van der Waals surface area contributed by atoms with Crippen LogP contribution < -0.4 is 5.73 Å². The minimum atomic E-state index is 0.188. The van der Waals surface area contributed by atoms with Crippen LogP contribution in [0.4, 0.5) is 0 Å². The van der Waals surface area contributed by atoms with E-state index >= 15 is 0 Å². The molecule has 0 saturated heterocycles. The summed E-state index contributed by atoms with van der Waals surface area (Å²) in [6.07, 6.45) is 2.90. The molecular formula is C16H23N3. The van der Waals surface area contributed by atoms with E-state index in [0.29, 0.717) is 6.54 Å². The number of benzene rings is 1. The summed E-state index contributed by atoms with van der Waals surface area (Å²) in [4.78, 5) is 4.53. The van der Waals surface area contributed by atoms with Gasteiger partial charge in [0.25, 0.3) is 0 Å². The lowest BCUT2D eigenvalue weighted by Crippen LogP contribution is -2.10. The first-order valence-electron chi connectivity index (χ1n) is 6.77. The van der Waals surface area contributed by atoms with Gasteiger partial charge in [-0.2, -0.15) is 0 Å². The van der Waals surface area contributed by atoms with E-state index in [-0.39, 0.29) is 5.41 Å². The summed E-state index contributed by atoms with van der Waals surface area (Å²) in [5.74, 6) is 1.01. The van der Waals surface area contributed by atoms with Gasteiger partial charge in [0, 0.05) is 18.3 Å². The summed E-state index contributed by atoms with van der Waals surface area (Å²) < 4.78 is 2.12. The number of aromatic nitrogens is 2. The van der Waals surface area contributed by atoms with E-state index in [4.69, 9.17) is 5.73 Å². The first kappa shape index (κ1) is 13.8. The fourth-order valence-corrected chi connectivity index (χ4v) is 2.18. The minimum absolute atomic E-state index is 0.188. The Balaban J connectivity index is 2.32. The molecule has 0 aliphatic carbocycles. The second-order valence-electron chi connectivity index (χ2n) is 5.99. The number of nitrogens with two attached hydrogens (primary N) is 1. The smallest absolute Gasteiger partial charge is 0.110 e. The number of hydrogen-bond donors (Lipinski definition) is 1. The summed E-state index contributed by atoms with van der Waals surface area (Å²) in [5, 5.41) is 0. The highest BCUT2D eigenvalue weighted by atomic mass is 15.1. The summed E-state index contributed by atoms with van der Waals surface area (Å²) in [6, 6.07) is 8.69. The standard InChI is InChI=1S/C16H23N3/c1-12-18-14(9-10-17)11-19(12)15-7-5-13(6-8-15)16(2,3)4/h5-8,11H,9-10,17H2,1-4H3. The molecule has 2 N–H and O–H groups in total. The molecule has 0 spiro atoms. The highest BCUT2D eigenvalue weighted by Crippen LogP contribution is 2.23. The van der Waals surface area contributed by atoms with Crippen molar-refractivity contribution in [3.8, 4) is 5.69 Å². The van der Waals surface area contributed by atoms with Gasteiger partial charge in [0.2, 0.25) is 0 Å². The molecule has 1 aromatic carbocycles.